The molecule has 0 fully saturated rings. The predicted octanol–water partition coefficient (Wildman–Crippen LogP) is 2.25. The molecule has 0 aliphatic rings. The maximum Gasteiger partial charge on any atom is 0.453 e. The zero-order chi connectivity index (χ0) is 18.9. The van der Waals surface area contributed by atoms with Crippen LogP contribution in [0.15, 0.2) is 24.4 Å². The largest absolute Gasteiger partial charge is 0.477 e. The first-order valence-corrected chi connectivity index (χ1v) is 7.12. The van der Waals surface area contributed by atoms with Crippen molar-refractivity contribution in [1.29, 1.82) is 0 Å². The van der Waals surface area contributed by atoms with Crippen LogP contribution in [-0.4, -0.2) is 46.0 Å². The Morgan fingerprint density at radius 3 is 2.77 bits per heavy atom. The van der Waals surface area contributed by atoms with E-state index in [0.29, 0.717) is 4.68 Å². The van der Waals surface area contributed by atoms with E-state index in [-0.39, 0.29) is 22.2 Å². The Hall–Kier alpha value is -3.28. The molecule has 134 valence electrons. The Kier molecular flexibility index (Phi) is 4.42. The number of hydrogen-bond acceptors (Lipinski definition) is 6. The van der Waals surface area contributed by atoms with Crippen LogP contribution in [0.3, 0.4) is 0 Å². The van der Waals surface area contributed by atoms with E-state index in [0.717, 1.165) is 23.0 Å². The molecular weight excluding hydrogens is 379 g/mol. The van der Waals surface area contributed by atoms with Gasteiger partial charge < -0.3 is 5.11 Å². The van der Waals surface area contributed by atoms with Crippen LogP contribution in [0.2, 0.25) is 5.02 Å². The predicted molar refractivity (Wildman–Crippen MR) is 81.4 cm³/mol. The number of nitrogens with zero attached hydrogens (tertiary/aromatic N) is 7. The van der Waals surface area contributed by atoms with Gasteiger partial charge in [0.1, 0.15) is 0 Å². The third-order valence-electron chi connectivity index (χ3n) is 3.02. The van der Waals surface area contributed by atoms with E-state index in [1.807, 2.05) is 0 Å². The molecule has 1 N–H and O–H groups in total. The number of aromatic carboxylic acids is 1. The monoisotopic (exact) mass is 385 g/mol. The fourth-order valence-corrected chi connectivity index (χ4v) is 2.16. The third kappa shape index (κ3) is 3.39. The van der Waals surface area contributed by atoms with Gasteiger partial charge >= 0.3 is 12.1 Å². The van der Waals surface area contributed by atoms with Gasteiger partial charge in [0.25, 0.3) is 5.82 Å². The first-order valence-electron chi connectivity index (χ1n) is 6.75. The molecule has 0 saturated carbocycles. The number of carboxylic acid groups (broad SMARTS) is 1. The highest BCUT2D eigenvalue weighted by molar-refractivity contribution is 6.32. The summed E-state index contributed by atoms with van der Waals surface area (Å²) in [4.78, 5) is 15.4. The average molecular weight is 386 g/mol. The molecule has 0 radical (unpaired) electrons. The van der Waals surface area contributed by atoms with E-state index < -0.39 is 18.0 Å². The maximum absolute atomic E-state index is 12.7. The minimum absolute atomic E-state index is 0.0349. The van der Waals surface area contributed by atoms with Crippen molar-refractivity contribution in [3.05, 3.63) is 46.6 Å². The van der Waals surface area contributed by atoms with E-state index >= 15 is 0 Å². The first-order chi connectivity index (χ1) is 12.3. The molecule has 0 saturated heterocycles. The molecule has 3 aromatic rings. The highest BCUT2D eigenvalue weighted by Gasteiger charge is 2.37. The highest BCUT2D eigenvalue weighted by atomic mass is 35.5. The van der Waals surface area contributed by atoms with Gasteiger partial charge in [-0.2, -0.15) is 23.0 Å². The van der Waals surface area contributed by atoms with Crippen LogP contribution >= 0.6 is 11.6 Å². The lowest BCUT2D eigenvalue weighted by atomic mass is 10.3. The lowest BCUT2D eigenvalue weighted by Crippen LogP contribution is -2.12. The average Bonchev–Trinajstić information content (AvgIpc) is 3.20. The number of pyridine rings is 1. The second-order valence-corrected chi connectivity index (χ2v) is 5.15. The zero-order valence-electron chi connectivity index (χ0n) is 12.5. The van der Waals surface area contributed by atoms with Gasteiger partial charge in [0.15, 0.2) is 11.5 Å². The number of halogens is 4. The van der Waals surface area contributed by atoms with Crippen molar-refractivity contribution in [3.63, 3.8) is 0 Å². The molecule has 0 aliphatic heterocycles. The van der Waals surface area contributed by atoms with E-state index in [2.05, 4.69) is 25.6 Å². The summed E-state index contributed by atoms with van der Waals surface area (Å²) >= 11 is 5.98. The van der Waals surface area contributed by atoms with E-state index in [9.17, 15) is 23.1 Å². The Morgan fingerprint density at radius 1 is 1.35 bits per heavy atom. The van der Waals surface area contributed by atoms with Crippen LogP contribution in [0.25, 0.3) is 18.1 Å². The molecule has 26 heavy (non-hydrogen) atoms. The lowest BCUT2D eigenvalue weighted by Gasteiger charge is -2.04. The van der Waals surface area contributed by atoms with Crippen LogP contribution in [0.1, 0.15) is 22.0 Å². The number of aromatic nitrogens is 7. The van der Waals surface area contributed by atoms with Gasteiger partial charge in [0.05, 0.1) is 10.7 Å². The normalized spacial score (nSPS) is 12.0. The molecule has 0 spiro atoms. The second-order valence-electron chi connectivity index (χ2n) is 4.74. The number of carbonyl (C=O) groups is 1. The quantitative estimate of drug-likeness (QED) is 0.733. The zero-order valence-corrected chi connectivity index (χ0v) is 13.2. The smallest absolute Gasteiger partial charge is 0.453 e. The molecule has 3 heterocycles. The van der Waals surface area contributed by atoms with Gasteiger partial charge in [-0.25, -0.2) is 14.5 Å². The summed E-state index contributed by atoms with van der Waals surface area (Å²) in [6, 6.07) is 4.18. The topological polar surface area (TPSA) is 112 Å². The summed E-state index contributed by atoms with van der Waals surface area (Å²) in [6.07, 6.45) is -1.34. The van der Waals surface area contributed by atoms with E-state index in [1.54, 1.807) is 6.07 Å². The molecule has 3 rings (SSSR count). The number of alkyl halides is 3. The summed E-state index contributed by atoms with van der Waals surface area (Å²) in [7, 11) is 0. The second kappa shape index (κ2) is 6.55. The molecule has 0 amide bonds. The molecule has 0 aromatic carbocycles. The van der Waals surface area contributed by atoms with Crippen molar-refractivity contribution >= 4 is 29.8 Å². The van der Waals surface area contributed by atoms with Crippen molar-refractivity contribution in [2.45, 2.75) is 6.18 Å². The Morgan fingerprint density at radius 2 is 2.12 bits per heavy atom. The molecule has 3 aromatic heterocycles. The Bertz CT molecular complexity index is 996. The molecule has 0 bridgehead atoms. The van der Waals surface area contributed by atoms with Crippen molar-refractivity contribution in [2.75, 3.05) is 0 Å². The summed E-state index contributed by atoms with van der Waals surface area (Å²) in [5, 5.41) is 22.5. The molecular formula is C13H7ClF3N7O2. The summed E-state index contributed by atoms with van der Waals surface area (Å²) in [5.41, 5.74) is -0.245. The molecule has 13 heteroatoms. The maximum atomic E-state index is 12.7. The SMILES string of the molecule is O=C(O)c1cc(/C=C/n2nnnc2C(F)(F)F)nn1-c1ncccc1Cl. The standard InChI is InChI=1S/C13H7ClF3N7O2/c14-8-2-1-4-18-10(8)24-9(11(25)26)6-7(20-24)3-5-23-12(13(15,16)17)19-21-22-23/h1-6H,(H,25,26)/b5-3+. The molecule has 0 unspecified atom stereocenters. The summed E-state index contributed by atoms with van der Waals surface area (Å²) < 4.78 is 39.6. The van der Waals surface area contributed by atoms with Crippen LogP contribution in [0.5, 0.6) is 0 Å². The van der Waals surface area contributed by atoms with Crippen LogP contribution in [-0.2, 0) is 6.18 Å². The van der Waals surface area contributed by atoms with Gasteiger partial charge in [-0.15, -0.1) is 5.10 Å². The minimum Gasteiger partial charge on any atom is -0.477 e. The fourth-order valence-electron chi connectivity index (χ4n) is 1.96. The van der Waals surface area contributed by atoms with Gasteiger partial charge in [-0.1, -0.05) is 11.6 Å². The lowest BCUT2D eigenvalue weighted by molar-refractivity contribution is -0.146. The van der Waals surface area contributed by atoms with Crippen LogP contribution in [0, 0.1) is 0 Å². The highest BCUT2D eigenvalue weighted by Crippen LogP contribution is 2.26. The molecule has 0 aliphatic carbocycles. The van der Waals surface area contributed by atoms with Crippen LogP contribution < -0.4 is 0 Å². The Labute approximate surface area is 147 Å². The van der Waals surface area contributed by atoms with Crippen molar-refractivity contribution in [3.8, 4) is 5.82 Å². The summed E-state index contributed by atoms with van der Waals surface area (Å²) in [5.74, 6) is -2.60. The number of carboxylic acids is 1. The van der Waals surface area contributed by atoms with Gasteiger partial charge in [0, 0.05) is 12.4 Å². The van der Waals surface area contributed by atoms with Crippen molar-refractivity contribution in [2.24, 2.45) is 0 Å². The van der Waals surface area contributed by atoms with E-state index in [4.69, 9.17) is 11.6 Å². The third-order valence-corrected chi connectivity index (χ3v) is 3.31. The molecule has 9 nitrogen and oxygen atoms in total. The van der Waals surface area contributed by atoms with Gasteiger partial charge in [-0.05, 0) is 34.7 Å². The van der Waals surface area contributed by atoms with Crippen molar-refractivity contribution in [1.82, 2.24) is 35.0 Å². The van der Waals surface area contributed by atoms with Crippen LogP contribution in [0.4, 0.5) is 13.2 Å². The fraction of sp³-hybridized carbons (Fsp3) is 0.0769. The van der Waals surface area contributed by atoms with E-state index in [1.165, 1.54) is 12.3 Å². The number of hydrogen-bond donors (Lipinski definition) is 1. The molecule has 0 atom stereocenters. The summed E-state index contributed by atoms with van der Waals surface area (Å²) in [6.45, 7) is 0. The minimum atomic E-state index is -4.75. The number of tetrazole rings is 1. The van der Waals surface area contributed by atoms with Crippen molar-refractivity contribution < 1.29 is 23.1 Å². The first kappa shape index (κ1) is 17.5. The Balaban J connectivity index is 2.01. The van der Waals surface area contributed by atoms with Gasteiger partial charge in [-0.3, -0.25) is 0 Å². The van der Waals surface area contributed by atoms with Gasteiger partial charge in [0.2, 0.25) is 0 Å². The number of rotatable bonds is 4.